The molecule has 0 saturated carbocycles. The Bertz CT molecular complexity index is 753. The summed E-state index contributed by atoms with van der Waals surface area (Å²) in [5, 5.41) is 3.96. The zero-order chi connectivity index (χ0) is 14.1. The minimum absolute atomic E-state index is 0.224. The Hall–Kier alpha value is -1.55. The van der Waals surface area contributed by atoms with Crippen LogP contribution in [0, 0.1) is 0 Å². The molecule has 1 heterocycles. The largest absolute Gasteiger partial charge is 0.496 e. The highest BCUT2D eigenvalue weighted by Gasteiger charge is 2.17. The number of fused-ring (bicyclic) bond motifs is 1. The summed E-state index contributed by atoms with van der Waals surface area (Å²) in [6.45, 7) is 0. The number of hydrogen-bond acceptors (Lipinski definition) is 3. The zero-order valence-electron chi connectivity index (χ0n) is 11.0. The van der Waals surface area contributed by atoms with E-state index in [0.717, 1.165) is 16.9 Å². The molecule has 0 aliphatic carbocycles. The van der Waals surface area contributed by atoms with Crippen LogP contribution in [0.25, 0.3) is 10.1 Å². The molecule has 0 saturated heterocycles. The van der Waals surface area contributed by atoms with E-state index in [1.165, 1.54) is 10.1 Å². The maximum atomic E-state index is 6.44. The van der Waals surface area contributed by atoms with E-state index in [1.807, 2.05) is 24.3 Å². The molecule has 2 nitrogen and oxygen atoms in total. The van der Waals surface area contributed by atoms with E-state index in [4.69, 9.17) is 22.1 Å². The van der Waals surface area contributed by atoms with Gasteiger partial charge in [-0.1, -0.05) is 35.9 Å². The molecule has 0 bridgehead atoms. The quantitative estimate of drug-likeness (QED) is 0.767. The predicted octanol–water partition coefficient (Wildman–Crippen LogP) is 4.61. The molecule has 0 aliphatic heterocycles. The Kier molecular flexibility index (Phi) is 3.66. The molecule has 1 unspecified atom stereocenters. The van der Waals surface area contributed by atoms with E-state index in [-0.39, 0.29) is 6.04 Å². The molecule has 3 aromatic rings. The smallest absolute Gasteiger partial charge is 0.125 e. The molecule has 0 spiro atoms. The number of halogens is 1. The van der Waals surface area contributed by atoms with Gasteiger partial charge in [0, 0.05) is 15.3 Å². The third-order valence-corrected chi connectivity index (χ3v) is 4.59. The Labute approximate surface area is 126 Å². The molecule has 0 aliphatic rings. The lowest BCUT2D eigenvalue weighted by Crippen LogP contribution is -2.12. The van der Waals surface area contributed by atoms with Crippen LogP contribution in [0.3, 0.4) is 0 Å². The van der Waals surface area contributed by atoms with Gasteiger partial charge in [-0.25, -0.2) is 0 Å². The van der Waals surface area contributed by atoms with Crippen molar-refractivity contribution < 1.29 is 4.74 Å². The van der Waals surface area contributed by atoms with Crippen LogP contribution in [-0.2, 0) is 0 Å². The molecule has 0 radical (unpaired) electrons. The van der Waals surface area contributed by atoms with Crippen molar-refractivity contribution in [2.24, 2.45) is 5.73 Å². The molecule has 4 heteroatoms. The van der Waals surface area contributed by atoms with Crippen molar-refractivity contribution in [3.05, 3.63) is 64.0 Å². The highest BCUT2D eigenvalue weighted by Crippen LogP contribution is 2.36. The number of benzene rings is 2. The van der Waals surface area contributed by atoms with Crippen LogP contribution in [0.2, 0.25) is 5.02 Å². The van der Waals surface area contributed by atoms with Crippen LogP contribution in [0.15, 0.2) is 47.8 Å². The van der Waals surface area contributed by atoms with Crippen LogP contribution in [0.1, 0.15) is 17.2 Å². The maximum Gasteiger partial charge on any atom is 0.125 e. The summed E-state index contributed by atoms with van der Waals surface area (Å²) >= 11 is 7.71. The Morgan fingerprint density at radius 3 is 2.75 bits per heavy atom. The van der Waals surface area contributed by atoms with Crippen molar-refractivity contribution in [2.45, 2.75) is 6.04 Å². The van der Waals surface area contributed by atoms with Crippen molar-refractivity contribution >= 4 is 33.0 Å². The summed E-state index contributed by atoms with van der Waals surface area (Å²) in [5.74, 6) is 0.722. The van der Waals surface area contributed by atoms with Crippen LogP contribution in [0.5, 0.6) is 5.75 Å². The van der Waals surface area contributed by atoms with Gasteiger partial charge in [-0.05, 0) is 34.5 Å². The molecule has 0 amide bonds. The van der Waals surface area contributed by atoms with E-state index < -0.39 is 0 Å². The number of rotatable bonds is 3. The molecule has 1 atom stereocenters. The van der Waals surface area contributed by atoms with Crippen LogP contribution >= 0.6 is 22.9 Å². The molecular formula is C16H14ClNOS. The van der Waals surface area contributed by atoms with Crippen molar-refractivity contribution in [1.82, 2.24) is 0 Å². The summed E-state index contributed by atoms with van der Waals surface area (Å²) in [7, 11) is 1.63. The van der Waals surface area contributed by atoms with Gasteiger partial charge in [-0.15, -0.1) is 11.3 Å². The second-order valence-electron chi connectivity index (χ2n) is 4.55. The minimum atomic E-state index is -0.224. The van der Waals surface area contributed by atoms with Gasteiger partial charge in [-0.3, -0.25) is 0 Å². The van der Waals surface area contributed by atoms with Crippen LogP contribution < -0.4 is 10.5 Å². The van der Waals surface area contributed by atoms with Crippen molar-refractivity contribution in [2.75, 3.05) is 7.11 Å². The first-order valence-electron chi connectivity index (χ1n) is 6.26. The third kappa shape index (κ3) is 2.29. The van der Waals surface area contributed by atoms with Gasteiger partial charge in [0.1, 0.15) is 5.75 Å². The fraction of sp³-hybridized carbons (Fsp3) is 0.125. The Morgan fingerprint density at radius 1 is 1.15 bits per heavy atom. The zero-order valence-corrected chi connectivity index (χ0v) is 12.5. The van der Waals surface area contributed by atoms with Gasteiger partial charge in [0.05, 0.1) is 13.2 Å². The molecule has 2 N–H and O–H groups in total. The molecule has 2 aromatic carbocycles. The van der Waals surface area contributed by atoms with E-state index in [9.17, 15) is 0 Å². The summed E-state index contributed by atoms with van der Waals surface area (Å²) in [4.78, 5) is 0. The molecule has 3 rings (SSSR count). The lowest BCUT2D eigenvalue weighted by atomic mass is 9.98. The number of hydrogen-bond donors (Lipinski definition) is 1. The molecule has 102 valence electrons. The number of ether oxygens (including phenoxy) is 1. The van der Waals surface area contributed by atoms with Gasteiger partial charge in [0.15, 0.2) is 0 Å². The second-order valence-corrected chi connectivity index (χ2v) is 5.90. The first kappa shape index (κ1) is 13.4. The number of nitrogens with two attached hydrogens (primary N) is 1. The second kappa shape index (κ2) is 5.44. The van der Waals surface area contributed by atoms with Crippen molar-refractivity contribution in [1.29, 1.82) is 0 Å². The number of thiophene rings is 1. The van der Waals surface area contributed by atoms with Crippen molar-refractivity contribution in [3.63, 3.8) is 0 Å². The summed E-state index contributed by atoms with van der Waals surface area (Å²) in [6.07, 6.45) is 0. The normalized spacial score (nSPS) is 12.6. The lowest BCUT2D eigenvalue weighted by molar-refractivity contribution is 0.408. The van der Waals surface area contributed by atoms with Crippen molar-refractivity contribution in [3.8, 4) is 5.75 Å². The lowest BCUT2D eigenvalue weighted by Gasteiger charge is -2.15. The Balaban J connectivity index is 2.10. The van der Waals surface area contributed by atoms with E-state index in [1.54, 1.807) is 24.5 Å². The first-order valence-corrected chi connectivity index (χ1v) is 7.51. The van der Waals surface area contributed by atoms with Crippen LogP contribution in [0.4, 0.5) is 0 Å². The average molecular weight is 304 g/mol. The molecule has 0 fully saturated rings. The van der Waals surface area contributed by atoms with Gasteiger partial charge >= 0.3 is 0 Å². The van der Waals surface area contributed by atoms with E-state index >= 15 is 0 Å². The highest BCUT2D eigenvalue weighted by atomic mass is 35.5. The first-order chi connectivity index (χ1) is 9.70. The number of methoxy groups -OCH3 is 1. The highest BCUT2D eigenvalue weighted by molar-refractivity contribution is 7.17. The SMILES string of the molecule is COc1cc(Cl)ccc1C(N)c1csc2ccccc12. The summed E-state index contributed by atoms with van der Waals surface area (Å²) < 4.78 is 6.64. The third-order valence-electron chi connectivity index (χ3n) is 3.38. The topological polar surface area (TPSA) is 35.2 Å². The Morgan fingerprint density at radius 2 is 1.95 bits per heavy atom. The minimum Gasteiger partial charge on any atom is -0.496 e. The monoisotopic (exact) mass is 303 g/mol. The molecule has 20 heavy (non-hydrogen) atoms. The van der Waals surface area contributed by atoms with E-state index in [2.05, 4.69) is 17.5 Å². The molecular weight excluding hydrogens is 290 g/mol. The molecule has 1 aromatic heterocycles. The van der Waals surface area contributed by atoms with Gasteiger partial charge < -0.3 is 10.5 Å². The van der Waals surface area contributed by atoms with E-state index in [0.29, 0.717) is 5.02 Å². The maximum absolute atomic E-state index is 6.44. The van der Waals surface area contributed by atoms with Gasteiger partial charge in [-0.2, -0.15) is 0 Å². The predicted molar refractivity (Wildman–Crippen MR) is 85.9 cm³/mol. The van der Waals surface area contributed by atoms with Crippen LogP contribution in [-0.4, -0.2) is 7.11 Å². The van der Waals surface area contributed by atoms with Gasteiger partial charge in [0.2, 0.25) is 0 Å². The summed E-state index contributed by atoms with van der Waals surface area (Å²) in [5.41, 5.74) is 8.50. The standard InChI is InChI=1S/C16H14ClNOS/c1-19-14-8-10(17)6-7-12(14)16(18)13-9-20-15-5-3-2-4-11(13)15/h2-9,16H,18H2,1H3. The average Bonchev–Trinajstić information content (AvgIpc) is 2.90. The van der Waals surface area contributed by atoms with Gasteiger partial charge in [0.25, 0.3) is 0 Å². The fourth-order valence-corrected chi connectivity index (χ4v) is 3.51. The summed E-state index contributed by atoms with van der Waals surface area (Å²) in [6, 6.07) is 13.6. The fourth-order valence-electron chi connectivity index (χ4n) is 2.35.